The fourth-order valence-electron chi connectivity index (χ4n) is 2.65. The number of halogens is 1. The van der Waals surface area contributed by atoms with E-state index in [1.165, 1.54) is 30.5 Å². The van der Waals surface area contributed by atoms with Gasteiger partial charge in [-0.3, -0.25) is 9.59 Å². The molecular weight excluding hydrogens is 305 g/mol. The Morgan fingerprint density at radius 1 is 1.27 bits per heavy atom. The Balaban J connectivity index is 1.71. The Hall–Kier alpha value is -2.15. The van der Waals surface area contributed by atoms with Crippen molar-refractivity contribution in [1.29, 1.82) is 0 Å². The van der Waals surface area contributed by atoms with Gasteiger partial charge in [0.2, 0.25) is 0 Å². The molecule has 1 saturated heterocycles. The number of carbonyl (C=O) groups excluding carboxylic acids is 2. The number of benzene rings is 1. The number of hydrogen-bond acceptors (Lipinski definition) is 5. The van der Waals surface area contributed by atoms with Gasteiger partial charge in [-0.2, -0.15) is 8.75 Å². The summed E-state index contributed by atoms with van der Waals surface area (Å²) in [6, 6.07) is 5.53. The highest BCUT2D eigenvalue weighted by Gasteiger charge is 2.30. The van der Waals surface area contributed by atoms with Crippen LogP contribution in [0.2, 0.25) is 0 Å². The number of nitrogens with zero attached hydrogens (tertiary/aromatic N) is 3. The van der Waals surface area contributed by atoms with Crippen molar-refractivity contribution in [3.05, 3.63) is 47.5 Å². The van der Waals surface area contributed by atoms with Gasteiger partial charge in [0.15, 0.2) is 11.5 Å². The molecule has 2 aromatic rings. The molecule has 3 rings (SSSR count). The summed E-state index contributed by atoms with van der Waals surface area (Å²) in [7, 11) is 0. The maximum Gasteiger partial charge on any atom is 0.275 e. The first-order chi connectivity index (χ1) is 10.6. The molecule has 1 fully saturated rings. The van der Waals surface area contributed by atoms with Crippen LogP contribution in [0.15, 0.2) is 30.5 Å². The van der Waals surface area contributed by atoms with Crippen LogP contribution in [0, 0.1) is 11.7 Å². The molecule has 5 nitrogen and oxygen atoms in total. The Kier molecular flexibility index (Phi) is 4.24. The van der Waals surface area contributed by atoms with Crippen LogP contribution < -0.4 is 0 Å². The molecule has 1 aliphatic rings. The van der Waals surface area contributed by atoms with Crippen molar-refractivity contribution < 1.29 is 14.0 Å². The van der Waals surface area contributed by atoms with Crippen LogP contribution in [0.5, 0.6) is 0 Å². The first-order valence-electron chi connectivity index (χ1n) is 7.02. The highest BCUT2D eigenvalue weighted by Crippen LogP contribution is 2.22. The molecule has 0 spiro atoms. The number of piperidine rings is 1. The number of likely N-dealkylation sites (tertiary alicyclic amines) is 1. The lowest BCUT2D eigenvalue weighted by atomic mass is 9.90. The van der Waals surface area contributed by atoms with Crippen molar-refractivity contribution >= 4 is 23.4 Å². The summed E-state index contributed by atoms with van der Waals surface area (Å²) < 4.78 is 20.7. The lowest BCUT2D eigenvalue weighted by molar-refractivity contribution is 0.0633. The van der Waals surface area contributed by atoms with E-state index >= 15 is 0 Å². The summed E-state index contributed by atoms with van der Waals surface area (Å²) in [5.41, 5.74) is 0.802. The number of rotatable bonds is 3. The Morgan fingerprint density at radius 3 is 2.73 bits per heavy atom. The van der Waals surface area contributed by atoms with Gasteiger partial charge in [-0.1, -0.05) is 0 Å². The van der Waals surface area contributed by atoms with Gasteiger partial charge >= 0.3 is 0 Å². The van der Waals surface area contributed by atoms with Crippen molar-refractivity contribution in [1.82, 2.24) is 13.6 Å². The summed E-state index contributed by atoms with van der Waals surface area (Å²) in [4.78, 5) is 26.4. The smallest absolute Gasteiger partial charge is 0.275 e. The first kappa shape index (κ1) is 14.8. The van der Waals surface area contributed by atoms with Gasteiger partial charge in [0, 0.05) is 24.6 Å². The topological polar surface area (TPSA) is 63.2 Å². The molecule has 1 aromatic heterocycles. The van der Waals surface area contributed by atoms with Crippen molar-refractivity contribution in [2.24, 2.45) is 5.92 Å². The van der Waals surface area contributed by atoms with Gasteiger partial charge in [-0.25, -0.2) is 4.39 Å². The van der Waals surface area contributed by atoms with Crippen LogP contribution in [0.3, 0.4) is 0 Å². The minimum atomic E-state index is -0.368. The largest absolute Gasteiger partial charge is 0.336 e. The predicted octanol–water partition coefficient (Wildman–Crippen LogP) is 2.41. The molecule has 1 atom stereocenters. The molecule has 0 N–H and O–H groups in total. The fourth-order valence-corrected chi connectivity index (χ4v) is 3.05. The van der Waals surface area contributed by atoms with Crippen molar-refractivity contribution in [3.8, 4) is 0 Å². The molecule has 0 saturated carbocycles. The highest BCUT2D eigenvalue weighted by atomic mass is 32.1. The maximum absolute atomic E-state index is 12.9. The number of hydrogen-bond donors (Lipinski definition) is 0. The summed E-state index contributed by atoms with van der Waals surface area (Å²) >= 11 is 0.987. The average Bonchev–Trinajstić information content (AvgIpc) is 3.09. The van der Waals surface area contributed by atoms with Crippen molar-refractivity contribution in [2.45, 2.75) is 12.8 Å². The fraction of sp³-hybridized carbons (Fsp3) is 0.333. The zero-order chi connectivity index (χ0) is 15.5. The number of ketones is 1. The average molecular weight is 319 g/mol. The van der Waals surface area contributed by atoms with E-state index in [4.69, 9.17) is 0 Å². The van der Waals surface area contributed by atoms with Gasteiger partial charge in [-0.15, -0.1) is 0 Å². The summed E-state index contributed by atoms with van der Waals surface area (Å²) in [5, 5.41) is 0. The standard InChI is InChI=1S/C15H14FN3O2S/c16-12-5-3-10(4-6-12)14(20)11-2-1-7-19(9-11)15(21)13-8-17-22-18-13/h3-6,8,11H,1-2,7,9H2/t11-/m0/s1. The van der Waals surface area contributed by atoms with Crippen LogP contribution in [0.1, 0.15) is 33.7 Å². The minimum absolute atomic E-state index is 0.0473. The molecule has 1 aromatic carbocycles. The van der Waals surface area contributed by atoms with Gasteiger partial charge in [-0.05, 0) is 37.1 Å². The van der Waals surface area contributed by atoms with Gasteiger partial charge in [0.1, 0.15) is 5.82 Å². The van der Waals surface area contributed by atoms with E-state index in [0.717, 1.165) is 24.6 Å². The molecule has 22 heavy (non-hydrogen) atoms. The number of amides is 1. The monoisotopic (exact) mass is 319 g/mol. The summed E-state index contributed by atoms with van der Waals surface area (Å²) in [6.07, 6.45) is 2.94. The third-order valence-corrected chi connectivity index (χ3v) is 4.27. The quantitative estimate of drug-likeness (QED) is 0.815. The third kappa shape index (κ3) is 3.04. The van der Waals surface area contributed by atoms with Crippen molar-refractivity contribution in [3.63, 3.8) is 0 Å². The van der Waals surface area contributed by atoms with Crippen LogP contribution in [-0.4, -0.2) is 38.4 Å². The highest BCUT2D eigenvalue weighted by molar-refractivity contribution is 6.99. The second-order valence-electron chi connectivity index (χ2n) is 5.25. The van der Waals surface area contributed by atoms with E-state index in [2.05, 4.69) is 8.75 Å². The molecule has 1 aliphatic heterocycles. The maximum atomic E-state index is 12.9. The van der Waals surface area contributed by atoms with E-state index in [0.29, 0.717) is 24.3 Å². The Morgan fingerprint density at radius 2 is 2.05 bits per heavy atom. The molecule has 1 amide bonds. The lowest BCUT2D eigenvalue weighted by Crippen LogP contribution is -2.42. The normalized spacial score (nSPS) is 18.2. The molecule has 0 bridgehead atoms. The minimum Gasteiger partial charge on any atom is -0.336 e. The predicted molar refractivity (Wildman–Crippen MR) is 79.3 cm³/mol. The van der Waals surface area contributed by atoms with Gasteiger partial charge in [0.25, 0.3) is 5.91 Å². The van der Waals surface area contributed by atoms with E-state index < -0.39 is 0 Å². The number of carbonyl (C=O) groups is 2. The van der Waals surface area contributed by atoms with Crippen LogP contribution in [0.25, 0.3) is 0 Å². The molecular formula is C15H14FN3O2S. The SMILES string of the molecule is O=C(c1ccc(F)cc1)[C@H]1CCCN(C(=O)c2cnsn2)C1. The van der Waals surface area contributed by atoms with Crippen LogP contribution in [-0.2, 0) is 0 Å². The zero-order valence-corrected chi connectivity index (χ0v) is 12.6. The van der Waals surface area contributed by atoms with Crippen LogP contribution >= 0.6 is 11.7 Å². The van der Waals surface area contributed by atoms with E-state index in [9.17, 15) is 14.0 Å². The second-order valence-corrected chi connectivity index (χ2v) is 5.81. The molecule has 0 aliphatic carbocycles. The van der Waals surface area contributed by atoms with Gasteiger partial charge in [0.05, 0.1) is 17.9 Å². The molecule has 0 unspecified atom stereocenters. The summed E-state index contributed by atoms with van der Waals surface area (Å²) in [6.45, 7) is 0.982. The van der Waals surface area contributed by atoms with Crippen molar-refractivity contribution in [2.75, 3.05) is 13.1 Å². The van der Waals surface area contributed by atoms with E-state index in [-0.39, 0.29) is 23.4 Å². The third-order valence-electron chi connectivity index (χ3n) is 3.79. The van der Waals surface area contributed by atoms with E-state index in [1.807, 2.05) is 0 Å². The molecule has 0 radical (unpaired) electrons. The second kappa shape index (κ2) is 6.31. The Labute approximate surface area is 131 Å². The number of aromatic nitrogens is 2. The first-order valence-corrected chi connectivity index (χ1v) is 7.75. The lowest BCUT2D eigenvalue weighted by Gasteiger charge is -2.31. The zero-order valence-electron chi connectivity index (χ0n) is 11.7. The van der Waals surface area contributed by atoms with Crippen LogP contribution in [0.4, 0.5) is 4.39 Å². The molecule has 114 valence electrons. The van der Waals surface area contributed by atoms with Gasteiger partial charge < -0.3 is 4.90 Å². The molecule has 7 heteroatoms. The Bertz CT molecular complexity index is 673. The summed E-state index contributed by atoms with van der Waals surface area (Å²) in [5.74, 6) is -0.859. The molecule has 2 heterocycles. The van der Waals surface area contributed by atoms with E-state index in [1.54, 1.807) is 4.90 Å². The number of Topliss-reactive ketones (excluding diaryl/α,β-unsaturated/α-hetero) is 1.